The molecule has 0 spiro atoms. The van der Waals surface area contributed by atoms with Crippen LogP contribution in [-0.2, 0) is 14.6 Å². The molecule has 0 rings (SSSR count). The van der Waals surface area contributed by atoms with E-state index in [0.29, 0.717) is 6.04 Å². The highest BCUT2D eigenvalue weighted by atomic mass is 32.3. The molecular formula is C7H20N2O4S. The highest BCUT2D eigenvalue weighted by molar-refractivity contribution is 7.80. The lowest BCUT2D eigenvalue weighted by molar-refractivity contribution is -0.871. The summed E-state index contributed by atoms with van der Waals surface area (Å²) in [5, 5.41) is 0. The average molecular weight is 228 g/mol. The number of hydrogen-bond donors (Lipinski definition) is 1. The third-order valence-electron chi connectivity index (χ3n) is 1.04. The Kier molecular flexibility index (Phi) is 7.31. The van der Waals surface area contributed by atoms with Crippen molar-refractivity contribution in [2.75, 3.05) is 34.8 Å². The number of quaternary nitrogens is 1. The molecule has 0 saturated carbocycles. The van der Waals surface area contributed by atoms with E-state index in [4.69, 9.17) is 5.73 Å². The first-order valence-corrected chi connectivity index (χ1v) is 5.39. The molecule has 2 N–H and O–H groups in total. The maximum atomic E-state index is 9.22. The minimum atomic E-state index is -4.41. The van der Waals surface area contributed by atoms with Crippen LogP contribution in [0.4, 0.5) is 0 Å². The fraction of sp³-hybridized carbons (Fsp3) is 1.00. The summed E-state index contributed by atoms with van der Waals surface area (Å²) >= 11 is 0. The van der Waals surface area contributed by atoms with E-state index in [-0.39, 0.29) is 0 Å². The van der Waals surface area contributed by atoms with Gasteiger partial charge in [0.1, 0.15) is 0 Å². The minimum absolute atomic E-state index is 0.315. The lowest BCUT2D eigenvalue weighted by atomic mass is 10.3. The number of likely N-dealkylation sites (N-methyl/N-ethyl adjacent to an activating group) is 1. The van der Waals surface area contributed by atoms with Crippen molar-refractivity contribution < 1.29 is 21.6 Å². The lowest BCUT2D eigenvalue weighted by Crippen LogP contribution is -2.43. The molecule has 0 aromatic rings. The van der Waals surface area contributed by atoms with Gasteiger partial charge in [0, 0.05) is 0 Å². The maximum Gasteiger partial charge on any atom is 0.217 e. The van der Waals surface area contributed by atoms with Crippen molar-refractivity contribution in [3.8, 4) is 0 Å². The SMILES string of the molecule is CC(N)C[N+](C)(C)C.COS(=O)(=O)[O-]. The number of nitrogens with zero attached hydrogens (tertiary/aromatic N) is 1. The maximum absolute atomic E-state index is 9.22. The van der Waals surface area contributed by atoms with Gasteiger partial charge in [0.25, 0.3) is 0 Å². The molecule has 0 aromatic carbocycles. The van der Waals surface area contributed by atoms with Gasteiger partial charge < -0.3 is 14.8 Å². The first-order chi connectivity index (χ1) is 5.98. The van der Waals surface area contributed by atoms with Gasteiger partial charge in [-0.2, -0.15) is 0 Å². The first-order valence-electron chi connectivity index (χ1n) is 4.05. The van der Waals surface area contributed by atoms with Crippen molar-refractivity contribution in [1.29, 1.82) is 0 Å². The summed E-state index contributed by atoms with van der Waals surface area (Å²) in [7, 11) is 2.82. The molecule has 1 atom stereocenters. The third kappa shape index (κ3) is 22.6. The molecule has 0 heterocycles. The zero-order valence-electron chi connectivity index (χ0n) is 9.35. The Morgan fingerprint density at radius 3 is 1.71 bits per heavy atom. The van der Waals surface area contributed by atoms with Crippen LogP contribution in [0.15, 0.2) is 0 Å². The fourth-order valence-corrected chi connectivity index (χ4v) is 0.864. The standard InChI is InChI=1S/C6H17N2.CH4O4S/c1-6(7)5-8(2,3)4;1-5-6(2,3)4/h6H,5,7H2,1-4H3;1H3,(H,2,3,4)/q+1;/p-1. The smallest absolute Gasteiger partial charge is 0.217 e. The Bertz CT molecular complexity index is 231. The molecule has 0 radical (unpaired) electrons. The number of nitrogens with two attached hydrogens (primary N) is 1. The van der Waals surface area contributed by atoms with E-state index in [9.17, 15) is 13.0 Å². The molecule has 0 saturated heterocycles. The molecule has 0 aliphatic heterocycles. The topological polar surface area (TPSA) is 92.5 Å². The molecule has 14 heavy (non-hydrogen) atoms. The van der Waals surface area contributed by atoms with Crippen molar-refractivity contribution in [3.05, 3.63) is 0 Å². The summed E-state index contributed by atoms with van der Waals surface area (Å²) in [4.78, 5) is 0. The molecule has 0 bridgehead atoms. The Morgan fingerprint density at radius 2 is 1.71 bits per heavy atom. The van der Waals surface area contributed by atoms with Crippen LogP contribution >= 0.6 is 0 Å². The summed E-state index contributed by atoms with van der Waals surface area (Å²) in [5.41, 5.74) is 5.56. The highest BCUT2D eigenvalue weighted by Gasteiger charge is 2.08. The van der Waals surface area contributed by atoms with Crippen LogP contribution in [0.5, 0.6) is 0 Å². The average Bonchev–Trinajstić information content (AvgIpc) is 1.81. The van der Waals surface area contributed by atoms with Gasteiger partial charge >= 0.3 is 0 Å². The van der Waals surface area contributed by atoms with E-state index in [1.807, 2.05) is 6.92 Å². The Morgan fingerprint density at radius 1 is 1.43 bits per heavy atom. The van der Waals surface area contributed by atoms with Crippen LogP contribution in [0.3, 0.4) is 0 Å². The van der Waals surface area contributed by atoms with Gasteiger partial charge in [-0.15, -0.1) is 0 Å². The normalized spacial score (nSPS) is 14.2. The van der Waals surface area contributed by atoms with Crippen molar-refractivity contribution in [2.45, 2.75) is 13.0 Å². The van der Waals surface area contributed by atoms with E-state index in [0.717, 1.165) is 18.1 Å². The zero-order chi connectivity index (χ0) is 12.0. The quantitative estimate of drug-likeness (QED) is 0.385. The molecule has 1 unspecified atom stereocenters. The van der Waals surface area contributed by atoms with Crippen molar-refractivity contribution in [1.82, 2.24) is 0 Å². The van der Waals surface area contributed by atoms with Crippen LogP contribution in [0.1, 0.15) is 6.92 Å². The monoisotopic (exact) mass is 228 g/mol. The third-order valence-corrected chi connectivity index (χ3v) is 1.45. The van der Waals surface area contributed by atoms with Gasteiger partial charge in [0.15, 0.2) is 0 Å². The van der Waals surface area contributed by atoms with Crippen LogP contribution < -0.4 is 5.73 Å². The zero-order valence-corrected chi connectivity index (χ0v) is 10.2. The predicted molar refractivity (Wildman–Crippen MR) is 53.3 cm³/mol. The van der Waals surface area contributed by atoms with Crippen molar-refractivity contribution in [3.63, 3.8) is 0 Å². The predicted octanol–water partition coefficient (Wildman–Crippen LogP) is -0.867. The molecule has 0 fully saturated rings. The van der Waals surface area contributed by atoms with E-state index < -0.39 is 10.4 Å². The molecule has 6 nitrogen and oxygen atoms in total. The highest BCUT2D eigenvalue weighted by Crippen LogP contribution is 1.90. The summed E-state index contributed by atoms with van der Waals surface area (Å²) in [6.45, 7) is 3.07. The molecule has 88 valence electrons. The lowest BCUT2D eigenvalue weighted by Gasteiger charge is -2.25. The molecular weight excluding hydrogens is 208 g/mol. The van der Waals surface area contributed by atoms with Crippen molar-refractivity contribution in [2.24, 2.45) is 5.73 Å². The van der Waals surface area contributed by atoms with Gasteiger partial charge in [-0.25, -0.2) is 8.42 Å². The summed E-state index contributed by atoms with van der Waals surface area (Å²) in [6.07, 6.45) is 0. The fourth-order valence-electron chi connectivity index (χ4n) is 0.864. The van der Waals surface area contributed by atoms with Crippen molar-refractivity contribution >= 4 is 10.4 Å². The van der Waals surface area contributed by atoms with Gasteiger partial charge in [-0.3, -0.25) is 4.18 Å². The van der Waals surface area contributed by atoms with Gasteiger partial charge in [-0.1, -0.05) is 0 Å². The minimum Gasteiger partial charge on any atom is -0.726 e. The van der Waals surface area contributed by atoms with E-state index >= 15 is 0 Å². The largest absolute Gasteiger partial charge is 0.726 e. The second-order valence-electron chi connectivity index (χ2n) is 4.03. The summed E-state index contributed by atoms with van der Waals surface area (Å²) in [5.74, 6) is 0. The van der Waals surface area contributed by atoms with Crippen LogP contribution in [0.2, 0.25) is 0 Å². The Labute approximate surface area is 86.2 Å². The first kappa shape index (κ1) is 16.2. The van der Waals surface area contributed by atoms with E-state index in [1.54, 1.807) is 0 Å². The van der Waals surface area contributed by atoms with Crippen LogP contribution in [-0.4, -0.2) is 58.3 Å². The molecule has 7 heteroatoms. The Hall–Kier alpha value is -0.210. The summed E-state index contributed by atoms with van der Waals surface area (Å²) < 4.78 is 32.0. The molecule has 0 aliphatic rings. The van der Waals surface area contributed by atoms with Gasteiger partial charge in [-0.05, 0) is 6.92 Å². The van der Waals surface area contributed by atoms with Crippen LogP contribution in [0, 0.1) is 0 Å². The Balaban J connectivity index is 0. The van der Waals surface area contributed by atoms with Gasteiger partial charge in [0.05, 0.1) is 40.8 Å². The molecule has 0 aliphatic carbocycles. The second kappa shape index (κ2) is 6.31. The van der Waals surface area contributed by atoms with Gasteiger partial charge in [0.2, 0.25) is 10.4 Å². The number of rotatable bonds is 3. The second-order valence-corrected chi connectivity index (χ2v) is 5.17. The summed E-state index contributed by atoms with van der Waals surface area (Å²) in [6, 6.07) is 0.315. The number of hydrogen-bond acceptors (Lipinski definition) is 5. The molecule has 0 aromatic heterocycles. The van der Waals surface area contributed by atoms with E-state index in [2.05, 4.69) is 25.3 Å². The van der Waals surface area contributed by atoms with Crippen LogP contribution in [0.25, 0.3) is 0 Å². The molecule has 0 amide bonds. The van der Waals surface area contributed by atoms with E-state index in [1.165, 1.54) is 0 Å².